The highest BCUT2D eigenvalue weighted by Gasteiger charge is 2.16. The Morgan fingerprint density at radius 2 is 1.73 bits per heavy atom. The van der Waals surface area contributed by atoms with E-state index in [1.165, 1.54) is 24.9 Å². The fraction of sp³-hybridized carbons (Fsp3) is 0.346. The van der Waals surface area contributed by atoms with Gasteiger partial charge < -0.3 is 20.9 Å². The van der Waals surface area contributed by atoms with Crippen LogP contribution in [-0.2, 0) is 6.54 Å². The molecule has 172 valence electrons. The van der Waals surface area contributed by atoms with E-state index in [0.29, 0.717) is 12.1 Å². The molecule has 0 aliphatic carbocycles. The van der Waals surface area contributed by atoms with Crippen LogP contribution in [0.5, 0.6) is 0 Å². The second kappa shape index (κ2) is 10.3. The molecule has 0 atom stereocenters. The van der Waals surface area contributed by atoms with Crippen LogP contribution in [0.1, 0.15) is 49.0 Å². The number of aromatic nitrogens is 1. The van der Waals surface area contributed by atoms with Crippen molar-refractivity contribution in [2.24, 2.45) is 0 Å². The van der Waals surface area contributed by atoms with E-state index in [1.807, 2.05) is 44.3 Å². The number of nitrogens with zero attached hydrogens (tertiary/aromatic N) is 2. The van der Waals surface area contributed by atoms with E-state index in [1.54, 1.807) is 18.3 Å². The Labute approximate surface area is 194 Å². The number of carbonyl (C=O) groups excluding carboxylic acids is 2. The van der Waals surface area contributed by atoms with E-state index in [2.05, 4.69) is 31.9 Å². The molecule has 0 bridgehead atoms. The third-order valence-corrected chi connectivity index (χ3v) is 5.83. The molecule has 2 aromatic carbocycles. The maximum Gasteiger partial charge on any atom is 0.315 e. The summed E-state index contributed by atoms with van der Waals surface area (Å²) in [5.41, 5.74) is 3.43. The maximum atomic E-state index is 12.9. The summed E-state index contributed by atoms with van der Waals surface area (Å²) in [6.45, 7) is 6.34. The number of amides is 3. The quantitative estimate of drug-likeness (QED) is 0.514. The number of rotatable bonds is 6. The molecule has 7 heteroatoms. The molecule has 1 aromatic heterocycles. The van der Waals surface area contributed by atoms with Crippen LogP contribution in [0.4, 0.5) is 16.2 Å². The molecule has 2 heterocycles. The minimum Gasteiger partial charge on any atom is -0.371 e. The van der Waals surface area contributed by atoms with Gasteiger partial charge in [0.1, 0.15) is 0 Å². The van der Waals surface area contributed by atoms with E-state index in [-0.39, 0.29) is 18.0 Å². The highest BCUT2D eigenvalue weighted by Crippen LogP contribution is 2.33. The van der Waals surface area contributed by atoms with E-state index >= 15 is 0 Å². The third kappa shape index (κ3) is 5.61. The van der Waals surface area contributed by atoms with E-state index in [9.17, 15) is 9.59 Å². The van der Waals surface area contributed by atoms with Gasteiger partial charge in [-0.2, -0.15) is 0 Å². The first-order chi connectivity index (χ1) is 16.0. The summed E-state index contributed by atoms with van der Waals surface area (Å²) in [6, 6.07) is 13.2. The number of hydrogen-bond acceptors (Lipinski definition) is 4. The van der Waals surface area contributed by atoms with Gasteiger partial charge in [0.25, 0.3) is 5.91 Å². The number of fused-ring (bicyclic) bond motifs is 1. The lowest BCUT2D eigenvalue weighted by molar-refractivity contribution is 0.102. The van der Waals surface area contributed by atoms with Crippen molar-refractivity contribution in [2.45, 2.75) is 45.7 Å². The molecule has 0 spiro atoms. The molecule has 4 rings (SSSR count). The fourth-order valence-corrected chi connectivity index (χ4v) is 4.16. The summed E-state index contributed by atoms with van der Waals surface area (Å²) in [5.74, 6) is -0.178. The first-order valence-electron chi connectivity index (χ1n) is 11.6. The lowest BCUT2D eigenvalue weighted by Crippen LogP contribution is -2.39. The van der Waals surface area contributed by atoms with Crippen LogP contribution < -0.4 is 20.9 Å². The standard InChI is InChI=1S/C26H31N5O2/c1-18(2)29-26(33)28-16-19-6-8-20(9-7-19)25(32)30-23-10-11-24(31-14-4-3-5-15-31)21-12-13-27-17-22(21)23/h6-13,17-18H,3-5,14-16H2,1-2H3,(H,30,32)(H2,28,29,33). The molecule has 0 unspecified atom stereocenters. The van der Waals surface area contributed by atoms with Gasteiger partial charge in [0.15, 0.2) is 0 Å². The monoisotopic (exact) mass is 445 g/mol. The van der Waals surface area contributed by atoms with E-state index in [0.717, 1.165) is 35.1 Å². The van der Waals surface area contributed by atoms with Crippen LogP contribution in [0.15, 0.2) is 54.9 Å². The molecule has 7 nitrogen and oxygen atoms in total. The zero-order valence-corrected chi connectivity index (χ0v) is 19.2. The van der Waals surface area contributed by atoms with Crippen molar-refractivity contribution < 1.29 is 9.59 Å². The number of nitrogens with one attached hydrogen (secondary N) is 3. The number of hydrogen-bond donors (Lipinski definition) is 3. The molecule has 33 heavy (non-hydrogen) atoms. The average molecular weight is 446 g/mol. The summed E-state index contributed by atoms with van der Waals surface area (Å²) in [7, 11) is 0. The highest BCUT2D eigenvalue weighted by atomic mass is 16.2. The topological polar surface area (TPSA) is 86.4 Å². The van der Waals surface area contributed by atoms with E-state index in [4.69, 9.17) is 0 Å². The SMILES string of the molecule is CC(C)NC(=O)NCc1ccc(C(=O)Nc2ccc(N3CCCCC3)c3ccncc23)cc1. The summed E-state index contributed by atoms with van der Waals surface area (Å²) in [4.78, 5) is 31.4. The molecule has 1 aliphatic rings. The third-order valence-electron chi connectivity index (χ3n) is 5.83. The predicted octanol–water partition coefficient (Wildman–Crippen LogP) is 4.69. The van der Waals surface area contributed by atoms with Gasteiger partial charge in [-0.25, -0.2) is 4.79 Å². The van der Waals surface area contributed by atoms with Gasteiger partial charge >= 0.3 is 6.03 Å². The van der Waals surface area contributed by atoms with Crippen LogP contribution in [0, 0.1) is 0 Å². The number of carbonyl (C=O) groups is 2. The van der Waals surface area contributed by atoms with Gasteiger partial charge in [0.2, 0.25) is 0 Å². The number of anilines is 2. The first-order valence-corrected chi connectivity index (χ1v) is 11.6. The van der Waals surface area contributed by atoms with Gasteiger partial charge in [0, 0.05) is 60.1 Å². The van der Waals surface area contributed by atoms with Crippen molar-refractivity contribution in [1.29, 1.82) is 0 Å². The molecule has 1 fully saturated rings. The normalized spacial score (nSPS) is 13.7. The van der Waals surface area contributed by atoms with Gasteiger partial charge in [-0.3, -0.25) is 9.78 Å². The van der Waals surface area contributed by atoms with Crippen LogP contribution >= 0.6 is 0 Å². The van der Waals surface area contributed by atoms with Gasteiger partial charge in [-0.1, -0.05) is 12.1 Å². The predicted molar refractivity (Wildman–Crippen MR) is 133 cm³/mol. The zero-order chi connectivity index (χ0) is 23.2. The average Bonchev–Trinajstić information content (AvgIpc) is 2.83. The molecule has 3 aromatic rings. The molecule has 3 N–H and O–H groups in total. The second-order valence-electron chi connectivity index (χ2n) is 8.73. The molecule has 3 amide bonds. The van der Waals surface area contributed by atoms with Crippen molar-refractivity contribution in [3.8, 4) is 0 Å². The minimum atomic E-state index is -0.208. The Morgan fingerprint density at radius 1 is 0.970 bits per heavy atom. The number of piperidine rings is 1. The molecule has 1 saturated heterocycles. The Kier molecular flexibility index (Phi) is 7.07. The molecule has 0 radical (unpaired) electrons. The van der Waals surface area contributed by atoms with Crippen molar-refractivity contribution in [3.05, 3.63) is 66.0 Å². The van der Waals surface area contributed by atoms with E-state index < -0.39 is 0 Å². The van der Waals surface area contributed by atoms with Crippen LogP contribution in [-0.4, -0.2) is 36.1 Å². The summed E-state index contributed by atoms with van der Waals surface area (Å²) < 4.78 is 0. The summed E-state index contributed by atoms with van der Waals surface area (Å²) in [5, 5.41) is 10.7. The Morgan fingerprint density at radius 3 is 2.45 bits per heavy atom. The van der Waals surface area contributed by atoms with Crippen LogP contribution in [0.3, 0.4) is 0 Å². The summed E-state index contributed by atoms with van der Waals surface area (Å²) in [6.07, 6.45) is 7.31. The van der Waals surface area contributed by atoms with Crippen LogP contribution in [0.25, 0.3) is 10.8 Å². The molecule has 0 saturated carbocycles. The Hall–Kier alpha value is -3.61. The number of urea groups is 1. The molecular formula is C26H31N5O2. The maximum absolute atomic E-state index is 12.9. The van der Waals surface area contributed by atoms with Crippen LogP contribution in [0.2, 0.25) is 0 Å². The fourth-order valence-electron chi connectivity index (χ4n) is 4.16. The molecular weight excluding hydrogens is 414 g/mol. The smallest absolute Gasteiger partial charge is 0.315 e. The number of benzene rings is 2. The van der Waals surface area contributed by atoms with Gasteiger partial charge in [-0.05, 0) is 69.0 Å². The highest BCUT2D eigenvalue weighted by molar-refractivity contribution is 6.11. The Bertz CT molecular complexity index is 1120. The zero-order valence-electron chi connectivity index (χ0n) is 19.2. The first kappa shape index (κ1) is 22.6. The van der Waals surface area contributed by atoms with Crippen molar-refractivity contribution >= 4 is 34.1 Å². The largest absolute Gasteiger partial charge is 0.371 e. The lowest BCUT2D eigenvalue weighted by Gasteiger charge is -2.30. The number of pyridine rings is 1. The van der Waals surface area contributed by atoms with Crippen molar-refractivity contribution in [3.63, 3.8) is 0 Å². The van der Waals surface area contributed by atoms with Gasteiger partial charge in [0.05, 0.1) is 5.69 Å². The lowest BCUT2D eigenvalue weighted by atomic mass is 10.0. The summed E-state index contributed by atoms with van der Waals surface area (Å²) >= 11 is 0. The van der Waals surface area contributed by atoms with Crippen molar-refractivity contribution in [1.82, 2.24) is 15.6 Å². The molecule has 1 aliphatic heterocycles. The van der Waals surface area contributed by atoms with Crippen molar-refractivity contribution in [2.75, 3.05) is 23.3 Å². The van der Waals surface area contributed by atoms with Gasteiger partial charge in [-0.15, -0.1) is 0 Å². The second-order valence-corrected chi connectivity index (χ2v) is 8.73. The Balaban J connectivity index is 1.46. The minimum absolute atomic E-state index is 0.0799.